The fourth-order valence-corrected chi connectivity index (χ4v) is 1.87. The molecule has 0 aliphatic rings. The summed E-state index contributed by atoms with van der Waals surface area (Å²) in [6.45, 7) is 4.25. The van der Waals surface area contributed by atoms with Gasteiger partial charge < -0.3 is 25.0 Å². The highest BCUT2D eigenvalue weighted by Crippen LogP contribution is 2.30. The Morgan fingerprint density at radius 1 is 1.26 bits per heavy atom. The van der Waals surface area contributed by atoms with E-state index in [1.54, 1.807) is 21.2 Å². The van der Waals surface area contributed by atoms with E-state index >= 15 is 0 Å². The first-order chi connectivity index (χ1) is 10.9. The van der Waals surface area contributed by atoms with Gasteiger partial charge >= 0.3 is 6.03 Å². The Hall–Kier alpha value is -2.44. The molecular weight excluding hydrogens is 298 g/mol. The summed E-state index contributed by atoms with van der Waals surface area (Å²) in [5.41, 5.74) is 0.874. The molecule has 0 aliphatic carbocycles. The topological polar surface area (TPSA) is 79.9 Å². The van der Waals surface area contributed by atoms with Crippen molar-refractivity contribution in [2.45, 2.75) is 19.9 Å². The van der Waals surface area contributed by atoms with Crippen molar-refractivity contribution in [1.82, 2.24) is 15.5 Å². The maximum atomic E-state index is 11.8. The lowest BCUT2D eigenvalue weighted by Crippen LogP contribution is -2.42. The number of rotatable bonds is 7. The molecule has 0 fully saturated rings. The van der Waals surface area contributed by atoms with Crippen LogP contribution in [0.3, 0.4) is 0 Å². The van der Waals surface area contributed by atoms with E-state index in [0.29, 0.717) is 18.1 Å². The monoisotopic (exact) mass is 323 g/mol. The largest absolute Gasteiger partial charge is 0.493 e. The Labute approximate surface area is 136 Å². The van der Waals surface area contributed by atoms with Gasteiger partial charge in [0.25, 0.3) is 0 Å². The quantitative estimate of drug-likeness (QED) is 0.798. The zero-order valence-corrected chi connectivity index (χ0v) is 14.3. The Morgan fingerprint density at radius 2 is 1.96 bits per heavy atom. The average molecular weight is 323 g/mol. The number of methoxy groups -OCH3 is 1. The SMILES string of the molecule is CCOc1ccc(C(C)NC(=O)NCC(=O)N(C)C)cc1OC. The minimum atomic E-state index is -0.402. The van der Waals surface area contributed by atoms with Gasteiger partial charge in [-0.1, -0.05) is 6.07 Å². The lowest BCUT2D eigenvalue weighted by Gasteiger charge is -2.18. The third-order valence-corrected chi connectivity index (χ3v) is 3.23. The number of urea groups is 1. The van der Waals surface area contributed by atoms with Gasteiger partial charge in [0.05, 0.1) is 26.3 Å². The molecule has 0 heterocycles. The highest BCUT2D eigenvalue weighted by molar-refractivity contribution is 5.83. The Kier molecular flexibility index (Phi) is 7.18. The van der Waals surface area contributed by atoms with Crippen molar-refractivity contribution in [3.63, 3.8) is 0 Å². The van der Waals surface area contributed by atoms with Gasteiger partial charge in [-0.05, 0) is 31.5 Å². The summed E-state index contributed by atoms with van der Waals surface area (Å²) in [6.07, 6.45) is 0. The normalized spacial score (nSPS) is 11.3. The van der Waals surface area contributed by atoms with Gasteiger partial charge in [-0.2, -0.15) is 0 Å². The molecule has 7 nitrogen and oxygen atoms in total. The molecule has 128 valence electrons. The standard InChI is InChI=1S/C16H25N3O4/c1-6-23-13-8-7-12(9-14(13)22-5)11(2)18-16(21)17-10-15(20)19(3)4/h7-9,11H,6,10H2,1-5H3,(H2,17,18,21). The van der Waals surface area contributed by atoms with E-state index in [4.69, 9.17) is 9.47 Å². The first-order valence-electron chi connectivity index (χ1n) is 7.44. The predicted octanol–water partition coefficient (Wildman–Crippen LogP) is 1.54. The molecule has 7 heteroatoms. The number of carbonyl (C=O) groups excluding carboxylic acids is 2. The van der Waals surface area contributed by atoms with E-state index < -0.39 is 6.03 Å². The molecule has 0 radical (unpaired) electrons. The summed E-state index contributed by atoms with van der Waals surface area (Å²) < 4.78 is 10.8. The molecule has 1 atom stereocenters. The molecule has 1 unspecified atom stereocenters. The lowest BCUT2D eigenvalue weighted by atomic mass is 10.1. The molecular formula is C16H25N3O4. The molecule has 0 saturated heterocycles. The van der Waals surface area contributed by atoms with Crippen molar-refractivity contribution < 1.29 is 19.1 Å². The van der Waals surface area contributed by atoms with E-state index in [0.717, 1.165) is 5.56 Å². The van der Waals surface area contributed by atoms with Crippen LogP contribution in [0.5, 0.6) is 11.5 Å². The summed E-state index contributed by atoms with van der Waals surface area (Å²) in [5.74, 6) is 1.10. The van der Waals surface area contributed by atoms with Gasteiger partial charge in [-0.15, -0.1) is 0 Å². The number of hydrogen-bond donors (Lipinski definition) is 2. The molecule has 0 aliphatic heterocycles. The van der Waals surface area contributed by atoms with Crippen molar-refractivity contribution in [2.24, 2.45) is 0 Å². The summed E-state index contributed by atoms with van der Waals surface area (Å²) in [6, 6.07) is 4.85. The highest BCUT2D eigenvalue weighted by Gasteiger charge is 2.13. The van der Waals surface area contributed by atoms with Crippen molar-refractivity contribution in [1.29, 1.82) is 0 Å². The second-order valence-corrected chi connectivity index (χ2v) is 5.18. The van der Waals surface area contributed by atoms with E-state index in [-0.39, 0.29) is 18.5 Å². The minimum Gasteiger partial charge on any atom is -0.493 e. The number of ether oxygens (including phenoxy) is 2. The lowest BCUT2D eigenvalue weighted by molar-refractivity contribution is -0.127. The van der Waals surface area contributed by atoms with Crippen LogP contribution in [0.2, 0.25) is 0 Å². The van der Waals surface area contributed by atoms with Crippen LogP contribution in [0.25, 0.3) is 0 Å². The van der Waals surface area contributed by atoms with E-state index in [9.17, 15) is 9.59 Å². The van der Waals surface area contributed by atoms with Gasteiger partial charge in [0.2, 0.25) is 5.91 Å². The average Bonchev–Trinajstić information content (AvgIpc) is 2.52. The fraction of sp³-hybridized carbons (Fsp3) is 0.500. The van der Waals surface area contributed by atoms with Crippen LogP contribution in [-0.2, 0) is 4.79 Å². The summed E-state index contributed by atoms with van der Waals surface area (Å²) in [7, 11) is 4.84. The van der Waals surface area contributed by atoms with Crippen LogP contribution in [0, 0.1) is 0 Å². The number of nitrogens with one attached hydrogen (secondary N) is 2. The second kappa shape index (κ2) is 8.87. The minimum absolute atomic E-state index is 0.0435. The zero-order chi connectivity index (χ0) is 17.4. The van der Waals surface area contributed by atoms with Gasteiger partial charge in [0.15, 0.2) is 11.5 Å². The van der Waals surface area contributed by atoms with Gasteiger partial charge in [-0.3, -0.25) is 4.79 Å². The van der Waals surface area contributed by atoms with Crippen LogP contribution >= 0.6 is 0 Å². The maximum absolute atomic E-state index is 11.8. The van der Waals surface area contributed by atoms with Crippen LogP contribution in [0.15, 0.2) is 18.2 Å². The van der Waals surface area contributed by atoms with Crippen LogP contribution in [0.1, 0.15) is 25.5 Å². The van der Waals surface area contributed by atoms with Crippen molar-refractivity contribution in [3.05, 3.63) is 23.8 Å². The number of nitrogens with zero attached hydrogens (tertiary/aromatic N) is 1. The fourth-order valence-electron chi connectivity index (χ4n) is 1.87. The molecule has 0 saturated carbocycles. The number of carbonyl (C=O) groups is 2. The first-order valence-corrected chi connectivity index (χ1v) is 7.44. The van der Waals surface area contributed by atoms with Gasteiger partial charge in [-0.25, -0.2) is 4.79 Å². The summed E-state index contributed by atoms with van der Waals surface area (Å²) >= 11 is 0. The van der Waals surface area contributed by atoms with Crippen LogP contribution in [-0.4, -0.2) is 51.2 Å². The molecule has 3 amide bonds. The van der Waals surface area contributed by atoms with E-state index in [1.165, 1.54) is 4.90 Å². The van der Waals surface area contributed by atoms with E-state index in [1.807, 2.05) is 32.0 Å². The van der Waals surface area contributed by atoms with Crippen molar-refractivity contribution >= 4 is 11.9 Å². The number of benzene rings is 1. The number of amides is 3. The molecule has 0 spiro atoms. The maximum Gasteiger partial charge on any atom is 0.315 e. The van der Waals surface area contributed by atoms with Gasteiger partial charge in [0.1, 0.15) is 0 Å². The molecule has 0 bridgehead atoms. The van der Waals surface area contributed by atoms with Crippen LogP contribution < -0.4 is 20.1 Å². The molecule has 2 N–H and O–H groups in total. The van der Waals surface area contributed by atoms with Crippen molar-refractivity contribution in [3.8, 4) is 11.5 Å². The molecule has 1 aromatic rings. The van der Waals surface area contributed by atoms with Crippen LogP contribution in [0.4, 0.5) is 4.79 Å². The first kappa shape index (κ1) is 18.6. The smallest absolute Gasteiger partial charge is 0.315 e. The third-order valence-electron chi connectivity index (χ3n) is 3.23. The Bertz CT molecular complexity index is 546. The van der Waals surface area contributed by atoms with E-state index in [2.05, 4.69) is 10.6 Å². The molecule has 1 aromatic carbocycles. The van der Waals surface area contributed by atoms with Crippen molar-refractivity contribution in [2.75, 3.05) is 34.4 Å². The number of likely N-dealkylation sites (N-methyl/N-ethyl adjacent to an activating group) is 1. The zero-order valence-electron chi connectivity index (χ0n) is 14.3. The van der Waals surface area contributed by atoms with Gasteiger partial charge in [0, 0.05) is 14.1 Å². The second-order valence-electron chi connectivity index (χ2n) is 5.18. The summed E-state index contributed by atoms with van der Waals surface area (Å²) in [5, 5.41) is 5.30. The highest BCUT2D eigenvalue weighted by atomic mass is 16.5. The summed E-state index contributed by atoms with van der Waals surface area (Å²) in [4.78, 5) is 24.7. The molecule has 1 rings (SSSR count). The predicted molar refractivity (Wildman–Crippen MR) is 87.8 cm³/mol. The molecule has 0 aromatic heterocycles. The number of hydrogen-bond acceptors (Lipinski definition) is 4. The Morgan fingerprint density at radius 3 is 2.52 bits per heavy atom. The molecule has 23 heavy (non-hydrogen) atoms. The third kappa shape index (κ3) is 5.69. The Balaban J connectivity index is 2.65.